The maximum absolute atomic E-state index is 12.8. The Balaban J connectivity index is 1.55. The molecule has 3 aromatic rings. The predicted octanol–water partition coefficient (Wildman–Crippen LogP) is 6.69. The molecule has 0 heterocycles. The first-order chi connectivity index (χ1) is 17.2. The molecule has 188 valence electrons. The standard InChI is InChI=1S/C30H32ClNO4/c1-20(2)17-18-32-29(34)25-6-3-21(4-7-25)5-8-26(30(35)36)19-28(33)24-11-9-22(10-12-24)23-13-15-27(31)16-14-23/h3-4,6-7,9-16,20,26H,5,8,17-19H2,1-2H3,(H,32,34)(H,35,36). The van der Waals surface area contributed by atoms with Gasteiger partial charge in [0.25, 0.3) is 5.91 Å². The third kappa shape index (κ3) is 8.06. The average Bonchev–Trinajstić information content (AvgIpc) is 2.87. The first-order valence-electron chi connectivity index (χ1n) is 12.2. The number of carbonyl (C=O) groups excluding carboxylic acids is 2. The number of hydrogen-bond acceptors (Lipinski definition) is 3. The van der Waals surface area contributed by atoms with Crippen LogP contribution in [-0.4, -0.2) is 29.3 Å². The molecule has 1 atom stereocenters. The number of nitrogens with one attached hydrogen (secondary N) is 1. The average molecular weight is 506 g/mol. The van der Waals surface area contributed by atoms with E-state index in [0.29, 0.717) is 41.5 Å². The summed E-state index contributed by atoms with van der Waals surface area (Å²) in [5.41, 5.74) is 3.94. The summed E-state index contributed by atoms with van der Waals surface area (Å²) in [6.45, 7) is 4.85. The third-order valence-electron chi connectivity index (χ3n) is 6.17. The fraction of sp³-hybridized carbons (Fsp3) is 0.300. The molecular formula is C30H32ClNO4. The van der Waals surface area contributed by atoms with E-state index in [1.54, 1.807) is 24.3 Å². The summed E-state index contributed by atoms with van der Waals surface area (Å²) in [7, 11) is 0. The quantitative estimate of drug-likeness (QED) is 0.268. The largest absolute Gasteiger partial charge is 0.481 e. The van der Waals surface area contributed by atoms with Crippen molar-refractivity contribution >= 4 is 29.3 Å². The number of carboxylic acids is 1. The Morgan fingerprint density at radius 1 is 0.806 bits per heavy atom. The number of ketones is 1. The van der Waals surface area contributed by atoms with Gasteiger partial charge in [0.05, 0.1) is 5.92 Å². The van der Waals surface area contributed by atoms with Gasteiger partial charge in [-0.05, 0) is 66.1 Å². The second-order valence-corrected chi connectivity index (χ2v) is 9.86. The molecule has 0 aliphatic rings. The molecule has 36 heavy (non-hydrogen) atoms. The molecule has 1 amide bonds. The zero-order valence-corrected chi connectivity index (χ0v) is 21.4. The summed E-state index contributed by atoms with van der Waals surface area (Å²) in [4.78, 5) is 36.8. The number of halogens is 1. The highest BCUT2D eigenvalue weighted by atomic mass is 35.5. The van der Waals surface area contributed by atoms with E-state index in [0.717, 1.165) is 23.1 Å². The minimum Gasteiger partial charge on any atom is -0.481 e. The van der Waals surface area contributed by atoms with Crippen LogP contribution in [0.3, 0.4) is 0 Å². The first-order valence-corrected chi connectivity index (χ1v) is 12.6. The zero-order valence-electron chi connectivity index (χ0n) is 20.7. The van der Waals surface area contributed by atoms with Crippen molar-refractivity contribution in [3.05, 3.63) is 94.5 Å². The maximum atomic E-state index is 12.8. The Morgan fingerprint density at radius 2 is 1.36 bits per heavy atom. The van der Waals surface area contributed by atoms with Gasteiger partial charge in [-0.1, -0.05) is 74.0 Å². The van der Waals surface area contributed by atoms with E-state index in [4.69, 9.17) is 11.6 Å². The van der Waals surface area contributed by atoms with Crippen molar-refractivity contribution in [3.63, 3.8) is 0 Å². The van der Waals surface area contributed by atoms with Gasteiger partial charge in [-0.15, -0.1) is 0 Å². The molecule has 2 N–H and O–H groups in total. The molecule has 3 aromatic carbocycles. The van der Waals surface area contributed by atoms with Crippen LogP contribution in [0.15, 0.2) is 72.8 Å². The van der Waals surface area contributed by atoms with E-state index in [1.807, 2.05) is 48.5 Å². The molecule has 3 rings (SSSR count). The second-order valence-electron chi connectivity index (χ2n) is 9.42. The summed E-state index contributed by atoms with van der Waals surface area (Å²) in [6, 6.07) is 21.8. The topological polar surface area (TPSA) is 83.5 Å². The Kier molecular flexibility index (Phi) is 9.83. The van der Waals surface area contributed by atoms with Crippen molar-refractivity contribution in [2.75, 3.05) is 6.54 Å². The Morgan fingerprint density at radius 3 is 1.92 bits per heavy atom. The van der Waals surface area contributed by atoms with Gasteiger partial charge in [0, 0.05) is 29.1 Å². The van der Waals surface area contributed by atoms with Gasteiger partial charge in [0.15, 0.2) is 5.78 Å². The molecule has 0 aromatic heterocycles. The lowest BCUT2D eigenvalue weighted by molar-refractivity contribution is -0.141. The molecule has 6 heteroatoms. The van der Waals surface area contributed by atoms with E-state index >= 15 is 0 Å². The summed E-state index contributed by atoms with van der Waals surface area (Å²) >= 11 is 5.94. The van der Waals surface area contributed by atoms with Crippen molar-refractivity contribution in [2.24, 2.45) is 11.8 Å². The number of aliphatic carboxylic acids is 1. The van der Waals surface area contributed by atoms with Crippen LogP contribution in [0.25, 0.3) is 11.1 Å². The summed E-state index contributed by atoms with van der Waals surface area (Å²) < 4.78 is 0. The van der Waals surface area contributed by atoms with Gasteiger partial charge in [-0.3, -0.25) is 14.4 Å². The number of carbonyl (C=O) groups is 3. The fourth-order valence-electron chi connectivity index (χ4n) is 3.89. The van der Waals surface area contributed by atoms with E-state index in [9.17, 15) is 19.5 Å². The van der Waals surface area contributed by atoms with Gasteiger partial charge < -0.3 is 10.4 Å². The van der Waals surface area contributed by atoms with E-state index in [2.05, 4.69) is 19.2 Å². The van der Waals surface area contributed by atoms with E-state index in [1.165, 1.54) is 0 Å². The van der Waals surface area contributed by atoms with E-state index < -0.39 is 11.9 Å². The van der Waals surface area contributed by atoms with Crippen molar-refractivity contribution < 1.29 is 19.5 Å². The van der Waals surface area contributed by atoms with Crippen molar-refractivity contribution in [3.8, 4) is 11.1 Å². The first kappa shape index (κ1) is 27.2. The summed E-state index contributed by atoms with van der Waals surface area (Å²) in [6.07, 6.45) is 1.70. The van der Waals surface area contributed by atoms with Gasteiger partial charge in [0.2, 0.25) is 0 Å². The SMILES string of the molecule is CC(C)CCNC(=O)c1ccc(CCC(CC(=O)c2ccc(-c3ccc(Cl)cc3)cc2)C(=O)O)cc1. The van der Waals surface area contributed by atoms with Crippen LogP contribution < -0.4 is 5.32 Å². The van der Waals surface area contributed by atoms with Crippen molar-refractivity contribution in [1.82, 2.24) is 5.32 Å². The van der Waals surface area contributed by atoms with Gasteiger partial charge >= 0.3 is 5.97 Å². The minimum atomic E-state index is -0.984. The van der Waals surface area contributed by atoms with Crippen molar-refractivity contribution in [1.29, 1.82) is 0 Å². The molecule has 0 aliphatic carbocycles. The lowest BCUT2D eigenvalue weighted by atomic mass is 9.91. The molecular weight excluding hydrogens is 474 g/mol. The van der Waals surface area contributed by atoms with Crippen molar-refractivity contribution in [2.45, 2.75) is 39.5 Å². The second kappa shape index (κ2) is 13.0. The maximum Gasteiger partial charge on any atom is 0.306 e. The number of hydrogen-bond donors (Lipinski definition) is 2. The lowest BCUT2D eigenvalue weighted by Crippen LogP contribution is -2.25. The number of benzene rings is 3. The molecule has 0 saturated carbocycles. The number of carboxylic acid groups (broad SMARTS) is 1. The highest BCUT2D eigenvalue weighted by Gasteiger charge is 2.22. The molecule has 1 unspecified atom stereocenters. The highest BCUT2D eigenvalue weighted by molar-refractivity contribution is 6.30. The van der Waals surface area contributed by atoms with Crippen LogP contribution in [0, 0.1) is 11.8 Å². The smallest absolute Gasteiger partial charge is 0.306 e. The van der Waals surface area contributed by atoms with Crippen LogP contribution >= 0.6 is 11.6 Å². The van der Waals surface area contributed by atoms with Crippen LogP contribution in [0.2, 0.25) is 5.02 Å². The molecule has 0 saturated heterocycles. The number of amides is 1. The summed E-state index contributed by atoms with van der Waals surface area (Å²) in [5.74, 6) is -1.55. The van der Waals surface area contributed by atoms with Crippen LogP contribution in [0.1, 0.15) is 59.4 Å². The lowest BCUT2D eigenvalue weighted by Gasteiger charge is -2.12. The Bertz CT molecular complexity index is 1170. The minimum absolute atomic E-state index is 0.0635. The third-order valence-corrected chi connectivity index (χ3v) is 6.42. The number of aryl methyl sites for hydroxylation is 1. The van der Waals surface area contributed by atoms with Gasteiger partial charge in [-0.25, -0.2) is 0 Å². The zero-order chi connectivity index (χ0) is 26.1. The molecule has 0 radical (unpaired) electrons. The normalized spacial score (nSPS) is 11.8. The van der Waals surface area contributed by atoms with Gasteiger partial charge in [-0.2, -0.15) is 0 Å². The van der Waals surface area contributed by atoms with Crippen LogP contribution in [-0.2, 0) is 11.2 Å². The summed E-state index contributed by atoms with van der Waals surface area (Å²) in [5, 5.41) is 13.2. The van der Waals surface area contributed by atoms with Gasteiger partial charge in [0.1, 0.15) is 0 Å². The fourth-order valence-corrected chi connectivity index (χ4v) is 4.01. The number of Topliss-reactive ketones (excluding diaryl/α,β-unsaturated/α-hetero) is 1. The molecule has 0 aliphatic heterocycles. The van der Waals surface area contributed by atoms with Crippen LogP contribution in [0.4, 0.5) is 0 Å². The Labute approximate surface area is 217 Å². The molecule has 0 spiro atoms. The van der Waals surface area contributed by atoms with Crippen LogP contribution in [0.5, 0.6) is 0 Å². The Hall–Kier alpha value is -3.44. The number of rotatable bonds is 12. The predicted molar refractivity (Wildman–Crippen MR) is 144 cm³/mol. The monoisotopic (exact) mass is 505 g/mol. The molecule has 0 fully saturated rings. The molecule has 0 bridgehead atoms. The molecule has 5 nitrogen and oxygen atoms in total. The highest BCUT2D eigenvalue weighted by Crippen LogP contribution is 2.23. The van der Waals surface area contributed by atoms with E-state index in [-0.39, 0.29) is 18.1 Å².